The molecule has 0 bridgehead atoms. The van der Waals surface area contributed by atoms with Gasteiger partial charge in [0.15, 0.2) is 0 Å². The van der Waals surface area contributed by atoms with Crippen molar-refractivity contribution in [2.75, 3.05) is 0 Å². The molecule has 0 saturated carbocycles. The summed E-state index contributed by atoms with van der Waals surface area (Å²) in [5.41, 5.74) is 15.5. The van der Waals surface area contributed by atoms with Crippen LogP contribution in [0.25, 0.3) is 20.9 Å². The lowest BCUT2D eigenvalue weighted by Crippen LogP contribution is -1.92. The predicted octanol–water partition coefficient (Wildman–Crippen LogP) is 1.72. The van der Waals surface area contributed by atoms with Crippen molar-refractivity contribution >= 4 is 6.98 Å². The minimum Gasteiger partial charge on any atom is -0.141 e. The van der Waals surface area contributed by atoms with Gasteiger partial charge in [-0.25, -0.2) is 0 Å². The molecule has 0 unspecified atom stereocenters. The summed E-state index contributed by atoms with van der Waals surface area (Å²) in [6, 6.07) is 0. The summed E-state index contributed by atoms with van der Waals surface area (Å²) in [7, 11) is 0. The average Bonchev–Trinajstić information content (AvgIpc) is 1.68. The van der Waals surface area contributed by atoms with Gasteiger partial charge in [-0.2, -0.15) is 0 Å². The summed E-state index contributed by atoms with van der Waals surface area (Å²) >= 11 is 0. The van der Waals surface area contributed by atoms with Gasteiger partial charge in [-0.1, -0.05) is 6.82 Å². The van der Waals surface area contributed by atoms with Gasteiger partial charge < -0.3 is 0 Å². The fourth-order valence-corrected chi connectivity index (χ4v) is 0.173. The lowest BCUT2D eigenvalue weighted by atomic mass is 9.85. The third-order valence-corrected chi connectivity index (χ3v) is 0.437. The molecule has 0 aromatic carbocycles. The van der Waals surface area contributed by atoms with Crippen molar-refractivity contribution in [1.29, 1.82) is 0 Å². The first kappa shape index (κ1) is 6.68. The summed E-state index contributed by atoms with van der Waals surface area (Å²) in [5, 5.41) is 6.15. The molecule has 0 aliphatic rings. The van der Waals surface area contributed by atoms with Gasteiger partial charge in [0.1, 0.15) is 0 Å². The first-order valence-corrected chi connectivity index (χ1v) is 1.89. The van der Waals surface area contributed by atoms with Crippen LogP contribution in [0.5, 0.6) is 0 Å². The van der Waals surface area contributed by atoms with Crippen LogP contribution in [0.15, 0.2) is 10.1 Å². The fraction of sp³-hybridized carbons (Fsp3) is 1.00. The van der Waals surface area contributed by atoms with Crippen molar-refractivity contribution in [2.24, 2.45) is 10.1 Å². The van der Waals surface area contributed by atoms with E-state index in [-0.39, 0.29) is 0 Å². The second-order valence-corrected chi connectivity index (χ2v) is 1.04. The molecular formula is CH3BN6. The van der Waals surface area contributed by atoms with Gasteiger partial charge >= 0.3 is 6.98 Å². The number of nitrogens with zero attached hydrogens (tertiary/aromatic N) is 6. The zero-order valence-corrected chi connectivity index (χ0v) is 4.26. The van der Waals surface area contributed by atoms with E-state index in [9.17, 15) is 0 Å². The van der Waals surface area contributed by atoms with Crippen molar-refractivity contribution in [3.8, 4) is 0 Å². The maximum absolute atomic E-state index is 7.74. The van der Waals surface area contributed by atoms with E-state index >= 15 is 0 Å². The molecule has 0 aliphatic heterocycles. The Morgan fingerprint density at radius 2 is 1.62 bits per heavy atom. The van der Waals surface area contributed by atoms with Gasteiger partial charge in [0.2, 0.25) is 0 Å². The Hall–Kier alpha value is -1.32. The second-order valence-electron chi connectivity index (χ2n) is 1.04. The Labute approximate surface area is 45.9 Å². The van der Waals surface area contributed by atoms with Gasteiger partial charge in [0.25, 0.3) is 0 Å². The van der Waals surface area contributed by atoms with E-state index in [1.807, 2.05) is 0 Å². The van der Waals surface area contributed by atoms with E-state index < -0.39 is 6.98 Å². The lowest BCUT2D eigenvalue weighted by Gasteiger charge is -1.78. The zero-order valence-electron chi connectivity index (χ0n) is 4.26. The molecule has 0 aromatic rings. The number of azide groups is 1. The number of hydrogen-bond acceptors (Lipinski definition) is 2. The van der Waals surface area contributed by atoms with Crippen molar-refractivity contribution < 1.29 is 0 Å². The van der Waals surface area contributed by atoms with Gasteiger partial charge in [0.05, 0.1) is 0 Å². The molecule has 0 aromatic heterocycles. The minimum atomic E-state index is -0.620. The van der Waals surface area contributed by atoms with Crippen LogP contribution in [0.4, 0.5) is 0 Å². The van der Waals surface area contributed by atoms with Crippen molar-refractivity contribution in [2.45, 2.75) is 6.82 Å². The quantitative estimate of drug-likeness (QED) is 0.223. The van der Waals surface area contributed by atoms with E-state index in [0.29, 0.717) is 0 Å². The Morgan fingerprint density at radius 3 is 1.88 bits per heavy atom. The highest BCUT2D eigenvalue weighted by Crippen LogP contribution is 1.84. The highest BCUT2D eigenvalue weighted by molar-refractivity contribution is 6.52. The second kappa shape index (κ2) is 3.86. The highest BCUT2D eigenvalue weighted by Gasteiger charge is 1.95. The van der Waals surface area contributed by atoms with Crippen LogP contribution in [0.3, 0.4) is 0 Å². The molecule has 0 fully saturated rings. The van der Waals surface area contributed by atoms with E-state index in [1.165, 1.54) is 6.82 Å². The maximum atomic E-state index is 7.74. The van der Waals surface area contributed by atoms with E-state index in [1.54, 1.807) is 0 Å². The molecule has 7 heteroatoms. The van der Waals surface area contributed by atoms with E-state index in [0.717, 1.165) is 0 Å². The molecule has 6 nitrogen and oxygen atoms in total. The third kappa shape index (κ3) is 2.90. The molecule has 0 N–H and O–H groups in total. The normalized spacial score (nSPS) is 6.12. The van der Waals surface area contributed by atoms with Crippen LogP contribution in [0.2, 0.25) is 6.82 Å². The van der Waals surface area contributed by atoms with Gasteiger partial charge in [0, 0.05) is 0 Å². The molecule has 0 rings (SSSR count). The molecule has 0 saturated heterocycles. The van der Waals surface area contributed by atoms with Crippen LogP contribution in [-0.2, 0) is 0 Å². The van der Waals surface area contributed by atoms with Gasteiger partial charge in [-0.05, 0) is 20.9 Å². The monoisotopic (exact) mass is 110 g/mol. The van der Waals surface area contributed by atoms with Crippen molar-refractivity contribution in [1.82, 2.24) is 0 Å². The molecular weight excluding hydrogens is 107 g/mol. The third-order valence-electron chi connectivity index (χ3n) is 0.437. The Kier molecular flexibility index (Phi) is 3.23. The largest absolute Gasteiger partial charge is 0.339 e. The molecule has 0 spiro atoms. The molecule has 0 amide bonds. The Balaban J connectivity index is 3.82. The van der Waals surface area contributed by atoms with Crippen LogP contribution in [-0.4, -0.2) is 6.98 Å². The highest BCUT2D eigenvalue weighted by atomic mass is 15.2. The summed E-state index contributed by atoms with van der Waals surface area (Å²) in [6.07, 6.45) is 0. The molecule has 0 atom stereocenters. The maximum Gasteiger partial charge on any atom is 0.339 e. The van der Waals surface area contributed by atoms with E-state index in [2.05, 4.69) is 19.9 Å². The van der Waals surface area contributed by atoms with Crippen molar-refractivity contribution in [3.05, 3.63) is 20.9 Å². The first-order chi connectivity index (χ1) is 3.81. The molecule has 0 heterocycles. The zero-order chi connectivity index (χ0) is 6.41. The molecule has 0 radical (unpaired) electrons. The lowest BCUT2D eigenvalue weighted by molar-refractivity contribution is 1.52. The Morgan fingerprint density at radius 1 is 1.25 bits per heavy atom. The SMILES string of the molecule is CB(N=[N+]=[N-])N=[N+]=[N-]. The summed E-state index contributed by atoms with van der Waals surface area (Å²) in [4.78, 5) is 4.83. The molecule has 0 aliphatic carbocycles. The van der Waals surface area contributed by atoms with E-state index in [4.69, 9.17) is 11.1 Å². The minimum absolute atomic E-state index is 0.620. The molecule has 8 heavy (non-hydrogen) atoms. The van der Waals surface area contributed by atoms with Gasteiger partial charge in [-0.3, -0.25) is 0 Å². The molecule has 40 valence electrons. The average molecular weight is 110 g/mol. The van der Waals surface area contributed by atoms with Crippen LogP contribution >= 0.6 is 0 Å². The standard InChI is InChI=1S/CH3BN6/c1-2(5-7-3)6-8-4/h1H3. The first-order valence-electron chi connectivity index (χ1n) is 1.89. The van der Waals surface area contributed by atoms with Crippen molar-refractivity contribution in [3.63, 3.8) is 0 Å². The summed E-state index contributed by atoms with van der Waals surface area (Å²) in [6.45, 7) is 0.879. The Bertz CT molecular complexity index is 132. The number of hydrogen-bond donors (Lipinski definition) is 0. The smallest absolute Gasteiger partial charge is 0.141 e. The summed E-state index contributed by atoms with van der Waals surface area (Å²) in [5.74, 6) is 0. The predicted molar refractivity (Wildman–Crippen MR) is 29.9 cm³/mol. The number of rotatable bonds is 2. The van der Waals surface area contributed by atoms with Crippen LogP contribution < -0.4 is 0 Å². The van der Waals surface area contributed by atoms with Crippen LogP contribution in [0, 0.1) is 0 Å². The van der Waals surface area contributed by atoms with Gasteiger partial charge in [-0.15, -0.1) is 10.1 Å². The summed E-state index contributed by atoms with van der Waals surface area (Å²) < 4.78 is 0. The van der Waals surface area contributed by atoms with Crippen LogP contribution in [0.1, 0.15) is 0 Å². The fourth-order valence-electron chi connectivity index (χ4n) is 0.173. The topological polar surface area (TPSA) is 97.5 Å².